The molecule has 2 atom stereocenters. The molecule has 29 heavy (non-hydrogen) atoms. The highest BCUT2D eigenvalue weighted by Crippen LogP contribution is 2.27. The minimum Gasteiger partial charge on any atom is -0.454 e. The molecule has 1 aromatic rings. The number of hydrogen-bond acceptors (Lipinski definition) is 7. The molecule has 0 bridgehead atoms. The first kappa shape index (κ1) is 22.0. The van der Waals surface area contributed by atoms with Crippen LogP contribution < -0.4 is 5.32 Å². The molecular formula is C17H21ClN2O7S2. The van der Waals surface area contributed by atoms with Crippen LogP contribution in [0.2, 0.25) is 5.02 Å². The van der Waals surface area contributed by atoms with Gasteiger partial charge in [-0.25, -0.2) is 16.8 Å². The van der Waals surface area contributed by atoms with Crippen molar-refractivity contribution in [3.8, 4) is 0 Å². The van der Waals surface area contributed by atoms with Gasteiger partial charge in [-0.2, -0.15) is 4.31 Å². The number of amides is 1. The van der Waals surface area contributed by atoms with E-state index in [0.29, 0.717) is 17.9 Å². The minimum absolute atomic E-state index is 0.0112. The van der Waals surface area contributed by atoms with Crippen LogP contribution in [-0.2, 0) is 34.2 Å². The molecule has 2 fully saturated rings. The summed E-state index contributed by atoms with van der Waals surface area (Å²) in [5, 5.41) is 2.90. The van der Waals surface area contributed by atoms with Crippen molar-refractivity contribution >= 4 is 43.3 Å². The molecule has 0 radical (unpaired) electrons. The fraction of sp³-hybridized carbons (Fsp3) is 0.529. The van der Waals surface area contributed by atoms with Crippen molar-refractivity contribution in [3.05, 3.63) is 29.3 Å². The van der Waals surface area contributed by atoms with Crippen LogP contribution >= 0.6 is 11.6 Å². The Morgan fingerprint density at radius 3 is 2.52 bits per heavy atom. The van der Waals surface area contributed by atoms with Gasteiger partial charge >= 0.3 is 5.97 Å². The molecule has 1 amide bonds. The van der Waals surface area contributed by atoms with Gasteiger partial charge in [-0.05, 0) is 43.5 Å². The lowest BCUT2D eigenvalue weighted by Gasteiger charge is -2.22. The molecule has 0 saturated carbocycles. The summed E-state index contributed by atoms with van der Waals surface area (Å²) in [6, 6.07) is 4.11. The highest BCUT2D eigenvalue weighted by molar-refractivity contribution is 7.91. The van der Waals surface area contributed by atoms with Gasteiger partial charge in [0.15, 0.2) is 16.4 Å². The Kier molecular flexibility index (Phi) is 6.51. The molecule has 1 N–H and O–H groups in total. The Morgan fingerprint density at radius 1 is 1.21 bits per heavy atom. The van der Waals surface area contributed by atoms with Gasteiger partial charge in [-0.3, -0.25) is 9.59 Å². The van der Waals surface area contributed by atoms with E-state index in [0.717, 1.165) is 4.31 Å². The number of nitrogens with one attached hydrogen (secondary N) is 1. The van der Waals surface area contributed by atoms with Crippen molar-refractivity contribution < 1.29 is 31.2 Å². The molecule has 0 aromatic heterocycles. The number of ether oxygens (including phenoxy) is 1. The van der Waals surface area contributed by atoms with Crippen molar-refractivity contribution in [2.45, 2.75) is 36.2 Å². The summed E-state index contributed by atoms with van der Waals surface area (Å²) in [5.74, 6) is -1.56. The van der Waals surface area contributed by atoms with Crippen molar-refractivity contribution in [1.82, 2.24) is 9.62 Å². The van der Waals surface area contributed by atoms with Crippen LogP contribution in [0.25, 0.3) is 0 Å². The molecule has 0 spiro atoms. The van der Waals surface area contributed by atoms with Crippen molar-refractivity contribution in [2.24, 2.45) is 0 Å². The van der Waals surface area contributed by atoms with Crippen molar-refractivity contribution in [3.63, 3.8) is 0 Å². The van der Waals surface area contributed by atoms with Crippen molar-refractivity contribution in [1.29, 1.82) is 0 Å². The summed E-state index contributed by atoms with van der Waals surface area (Å²) in [6.07, 6.45) is 1.09. The zero-order valence-corrected chi connectivity index (χ0v) is 17.8. The first-order valence-corrected chi connectivity index (χ1v) is 12.7. The quantitative estimate of drug-likeness (QED) is 0.601. The third kappa shape index (κ3) is 5.27. The topological polar surface area (TPSA) is 127 Å². The summed E-state index contributed by atoms with van der Waals surface area (Å²) in [7, 11) is -7.06. The van der Waals surface area contributed by atoms with Crippen LogP contribution in [0.5, 0.6) is 0 Å². The molecular weight excluding hydrogens is 444 g/mol. The van der Waals surface area contributed by atoms with Gasteiger partial charge in [-0.15, -0.1) is 0 Å². The Hall–Kier alpha value is -1.69. The van der Waals surface area contributed by atoms with E-state index in [2.05, 4.69) is 5.32 Å². The van der Waals surface area contributed by atoms with E-state index in [1.807, 2.05) is 0 Å². The van der Waals surface area contributed by atoms with Crippen LogP contribution in [0.15, 0.2) is 29.2 Å². The van der Waals surface area contributed by atoms with Crippen molar-refractivity contribution in [2.75, 3.05) is 24.7 Å². The van der Waals surface area contributed by atoms with Crippen LogP contribution in [-0.4, -0.2) is 69.8 Å². The molecule has 3 rings (SSSR count). The molecule has 9 nitrogen and oxygen atoms in total. The second-order valence-corrected chi connectivity index (χ2v) is 11.6. The fourth-order valence-electron chi connectivity index (χ4n) is 3.42. The maximum absolute atomic E-state index is 12.8. The molecule has 0 aliphatic carbocycles. The van der Waals surface area contributed by atoms with E-state index in [4.69, 9.17) is 16.3 Å². The number of esters is 1. The average Bonchev–Trinajstić information content (AvgIpc) is 3.27. The number of benzene rings is 1. The van der Waals surface area contributed by atoms with Gasteiger partial charge in [0.25, 0.3) is 5.91 Å². The average molecular weight is 465 g/mol. The second kappa shape index (κ2) is 8.58. The lowest BCUT2D eigenvalue weighted by Crippen LogP contribution is -2.43. The molecule has 2 aliphatic heterocycles. The maximum atomic E-state index is 12.8. The second-order valence-electron chi connectivity index (χ2n) is 7.00. The van der Waals surface area contributed by atoms with E-state index >= 15 is 0 Å². The van der Waals surface area contributed by atoms with E-state index in [1.165, 1.54) is 24.3 Å². The van der Waals surface area contributed by atoms with Crippen LogP contribution in [0.4, 0.5) is 0 Å². The minimum atomic E-state index is -3.91. The number of carbonyl (C=O) groups is 2. The number of sulfonamides is 1. The normalized spacial score (nSPS) is 24.3. The number of sulfone groups is 1. The Balaban J connectivity index is 1.58. The van der Waals surface area contributed by atoms with Gasteiger partial charge in [0, 0.05) is 17.6 Å². The number of hydrogen-bond donors (Lipinski definition) is 1. The molecule has 1 aromatic carbocycles. The van der Waals surface area contributed by atoms with Gasteiger partial charge in [0.05, 0.1) is 16.4 Å². The number of halogens is 1. The van der Waals surface area contributed by atoms with Gasteiger partial charge in [0.2, 0.25) is 10.0 Å². The molecule has 2 aliphatic rings. The van der Waals surface area contributed by atoms with Gasteiger partial charge in [0.1, 0.15) is 6.04 Å². The standard InChI is InChI=1S/C17H21ClN2O7S2/c18-12-3-5-14(6-4-12)29(25,26)20-8-1-2-15(20)17(22)27-10-16(21)19-13-7-9-28(23,24)11-13/h3-6,13,15H,1-2,7-11H2,(H,19,21)/t13-,15-/m0/s1. The lowest BCUT2D eigenvalue weighted by atomic mass is 10.2. The zero-order valence-electron chi connectivity index (χ0n) is 15.4. The SMILES string of the molecule is O=C(COC(=O)[C@@H]1CCCN1S(=O)(=O)c1ccc(Cl)cc1)N[C@H]1CCS(=O)(=O)C1. The maximum Gasteiger partial charge on any atom is 0.324 e. The van der Waals surface area contributed by atoms with E-state index in [-0.39, 0.29) is 29.4 Å². The van der Waals surface area contributed by atoms with E-state index in [1.54, 1.807) is 0 Å². The first-order chi connectivity index (χ1) is 13.6. The summed E-state index contributed by atoms with van der Waals surface area (Å²) < 4.78 is 54.6. The molecule has 2 heterocycles. The Labute approximate surface area is 174 Å². The lowest BCUT2D eigenvalue weighted by molar-refractivity contribution is -0.151. The Morgan fingerprint density at radius 2 is 1.90 bits per heavy atom. The number of carbonyl (C=O) groups excluding carboxylic acids is 2. The first-order valence-electron chi connectivity index (χ1n) is 9.02. The highest BCUT2D eigenvalue weighted by Gasteiger charge is 2.40. The molecule has 2 saturated heterocycles. The predicted octanol–water partition coefficient (Wildman–Crippen LogP) is 0.340. The fourth-order valence-corrected chi connectivity index (χ4v) is 6.86. The van der Waals surface area contributed by atoms with Gasteiger partial charge < -0.3 is 10.1 Å². The van der Waals surface area contributed by atoms with Gasteiger partial charge in [-0.1, -0.05) is 11.6 Å². The highest BCUT2D eigenvalue weighted by atomic mass is 35.5. The summed E-state index contributed by atoms with van der Waals surface area (Å²) in [4.78, 5) is 24.4. The predicted molar refractivity (Wildman–Crippen MR) is 105 cm³/mol. The molecule has 12 heteroatoms. The number of nitrogens with zero attached hydrogens (tertiary/aromatic N) is 1. The molecule has 0 unspecified atom stereocenters. The smallest absolute Gasteiger partial charge is 0.324 e. The third-order valence-electron chi connectivity index (χ3n) is 4.84. The van der Waals surface area contributed by atoms with E-state index < -0.39 is 50.4 Å². The van der Waals surface area contributed by atoms with Crippen LogP contribution in [0, 0.1) is 0 Å². The largest absolute Gasteiger partial charge is 0.454 e. The van der Waals surface area contributed by atoms with Crippen LogP contribution in [0.1, 0.15) is 19.3 Å². The molecule has 160 valence electrons. The Bertz CT molecular complexity index is 993. The zero-order chi connectivity index (χ0) is 21.2. The van der Waals surface area contributed by atoms with E-state index in [9.17, 15) is 26.4 Å². The third-order valence-corrected chi connectivity index (χ3v) is 8.78. The van der Waals surface area contributed by atoms with Crippen LogP contribution in [0.3, 0.4) is 0 Å². The monoisotopic (exact) mass is 464 g/mol. The summed E-state index contributed by atoms with van der Waals surface area (Å²) in [5.41, 5.74) is 0. The summed E-state index contributed by atoms with van der Waals surface area (Å²) in [6.45, 7) is -0.433. The number of rotatable bonds is 6. The summed E-state index contributed by atoms with van der Waals surface area (Å²) >= 11 is 5.79.